The number of carbonyl (C=O) groups is 1. The lowest BCUT2D eigenvalue weighted by Crippen LogP contribution is -2.47. The SMILES string of the molecule is Cc1ccc(S(=O)(=O)N2CCC(C(=O)N[C@H]3CCCC[C@H]3C)CC2)cc1. The van der Waals surface area contributed by atoms with Crippen LogP contribution in [0.1, 0.15) is 51.0 Å². The highest BCUT2D eigenvalue weighted by atomic mass is 32.2. The minimum Gasteiger partial charge on any atom is -0.353 e. The fourth-order valence-electron chi connectivity index (χ4n) is 4.05. The molecule has 0 aromatic heterocycles. The summed E-state index contributed by atoms with van der Waals surface area (Å²) in [7, 11) is -3.46. The maximum atomic E-state index is 12.8. The zero-order chi connectivity index (χ0) is 18.7. The third-order valence-electron chi connectivity index (χ3n) is 5.92. The Morgan fingerprint density at radius 2 is 1.65 bits per heavy atom. The molecule has 1 saturated carbocycles. The molecule has 5 nitrogen and oxygen atoms in total. The normalized spacial score (nSPS) is 25.8. The molecule has 0 radical (unpaired) electrons. The van der Waals surface area contributed by atoms with Gasteiger partial charge in [0.1, 0.15) is 0 Å². The van der Waals surface area contributed by atoms with Crippen molar-refractivity contribution in [2.24, 2.45) is 11.8 Å². The van der Waals surface area contributed by atoms with Crippen molar-refractivity contribution in [1.29, 1.82) is 0 Å². The number of piperidine rings is 1. The van der Waals surface area contributed by atoms with E-state index in [1.807, 2.05) is 19.1 Å². The molecular weight excluding hydrogens is 348 g/mol. The van der Waals surface area contributed by atoms with Crippen molar-refractivity contribution in [3.63, 3.8) is 0 Å². The molecule has 3 rings (SSSR count). The van der Waals surface area contributed by atoms with Gasteiger partial charge in [-0.15, -0.1) is 0 Å². The second-order valence-electron chi connectivity index (χ2n) is 7.87. The molecule has 2 fully saturated rings. The number of sulfonamides is 1. The van der Waals surface area contributed by atoms with Crippen LogP contribution in [-0.4, -0.2) is 37.8 Å². The van der Waals surface area contributed by atoms with Crippen molar-refractivity contribution in [3.8, 4) is 0 Å². The first-order chi connectivity index (χ1) is 12.4. The van der Waals surface area contributed by atoms with E-state index in [1.165, 1.54) is 23.6 Å². The van der Waals surface area contributed by atoms with Crippen molar-refractivity contribution in [2.75, 3.05) is 13.1 Å². The lowest BCUT2D eigenvalue weighted by molar-refractivity contribution is -0.127. The summed E-state index contributed by atoms with van der Waals surface area (Å²) in [6.07, 6.45) is 5.87. The maximum Gasteiger partial charge on any atom is 0.243 e. The topological polar surface area (TPSA) is 66.5 Å². The van der Waals surface area contributed by atoms with Crippen LogP contribution < -0.4 is 5.32 Å². The lowest BCUT2D eigenvalue weighted by Gasteiger charge is -2.34. The number of rotatable bonds is 4. The average molecular weight is 379 g/mol. The van der Waals surface area contributed by atoms with Crippen molar-refractivity contribution in [2.45, 2.75) is 63.3 Å². The van der Waals surface area contributed by atoms with E-state index < -0.39 is 10.0 Å². The highest BCUT2D eigenvalue weighted by molar-refractivity contribution is 7.89. The van der Waals surface area contributed by atoms with Crippen molar-refractivity contribution >= 4 is 15.9 Å². The van der Waals surface area contributed by atoms with Crippen LogP contribution in [0.3, 0.4) is 0 Å². The van der Waals surface area contributed by atoms with Crippen LogP contribution in [0.25, 0.3) is 0 Å². The van der Waals surface area contributed by atoms with Gasteiger partial charge < -0.3 is 5.32 Å². The molecule has 0 spiro atoms. The summed E-state index contributed by atoms with van der Waals surface area (Å²) >= 11 is 0. The molecule has 1 aromatic carbocycles. The van der Waals surface area contributed by atoms with E-state index in [0.717, 1.165) is 12.0 Å². The minimum absolute atomic E-state index is 0.0754. The van der Waals surface area contributed by atoms with Gasteiger partial charge >= 0.3 is 0 Å². The van der Waals surface area contributed by atoms with Gasteiger partial charge in [-0.25, -0.2) is 8.42 Å². The number of benzene rings is 1. The van der Waals surface area contributed by atoms with Gasteiger partial charge in [0, 0.05) is 25.0 Å². The third kappa shape index (κ3) is 4.29. The highest BCUT2D eigenvalue weighted by Crippen LogP contribution is 2.27. The minimum atomic E-state index is -3.46. The van der Waals surface area contributed by atoms with Gasteiger partial charge in [-0.05, 0) is 50.7 Å². The smallest absolute Gasteiger partial charge is 0.243 e. The third-order valence-corrected chi connectivity index (χ3v) is 7.84. The maximum absolute atomic E-state index is 12.8. The Hall–Kier alpha value is -1.40. The Labute approximate surface area is 157 Å². The van der Waals surface area contributed by atoms with E-state index in [9.17, 15) is 13.2 Å². The van der Waals surface area contributed by atoms with E-state index in [1.54, 1.807) is 12.1 Å². The van der Waals surface area contributed by atoms with Crippen molar-refractivity contribution < 1.29 is 13.2 Å². The first-order valence-electron chi connectivity index (χ1n) is 9.75. The largest absolute Gasteiger partial charge is 0.353 e. The van der Waals surface area contributed by atoms with Crippen LogP contribution >= 0.6 is 0 Å². The number of hydrogen-bond acceptors (Lipinski definition) is 3. The molecular formula is C20H30N2O3S. The van der Waals surface area contributed by atoms with E-state index in [4.69, 9.17) is 0 Å². The number of carbonyl (C=O) groups excluding carboxylic acids is 1. The summed E-state index contributed by atoms with van der Waals surface area (Å²) in [5.74, 6) is 0.569. The summed E-state index contributed by atoms with van der Waals surface area (Å²) < 4.78 is 27.0. The molecule has 144 valence electrons. The number of hydrogen-bond donors (Lipinski definition) is 1. The molecule has 1 heterocycles. The summed E-state index contributed by atoms with van der Waals surface area (Å²) in [6, 6.07) is 7.24. The van der Waals surface area contributed by atoms with Gasteiger partial charge in [-0.1, -0.05) is 37.5 Å². The Morgan fingerprint density at radius 1 is 1.04 bits per heavy atom. The second kappa shape index (κ2) is 8.09. The highest BCUT2D eigenvalue weighted by Gasteiger charge is 2.33. The Kier molecular flexibility index (Phi) is 6.03. The van der Waals surface area contributed by atoms with Crippen LogP contribution in [-0.2, 0) is 14.8 Å². The Morgan fingerprint density at radius 3 is 2.27 bits per heavy atom. The van der Waals surface area contributed by atoms with E-state index in [0.29, 0.717) is 36.7 Å². The fraction of sp³-hybridized carbons (Fsp3) is 0.650. The monoisotopic (exact) mass is 378 g/mol. The molecule has 1 aliphatic heterocycles. The second-order valence-corrected chi connectivity index (χ2v) is 9.81. The Bertz CT molecular complexity index is 722. The molecule has 1 amide bonds. The molecule has 1 saturated heterocycles. The Balaban J connectivity index is 1.56. The van der Waals surface area contributed by atoms with Gasteiger partial charge in [-0.2, -0.15) is 4.31 Å². The summed E-state index contributed by atoms with van der Waals surface area (Å²) in [6.45, 7) is 4.97. The average Bonchev–Trinajstić information content (AvgIpc) is 2.64. The molecule has 26 heavy (non-hydrogen) atoms. The van der Waals surface area contributed by atoms with Crippen LogP contribution in [0.5, 0.6) is 0 Å². The van der Waals surface area contributed by atoms with Crippen molar-refractivity contribution in [3.05, 3.63) is 29.8 Å². The van der Waals surface area contributed by atoms with Gasteiger partial charge in [-0.3, -0.25) is 4.79 Å². The molecule has 2 aliphatic rings. The van der Waals surface area contributed by atoms with Crippen LogP contribution in [0.4, 0.5) is 0 Å². The number of aryl methyl sites for hydroxylation is 1. The zero-order valence-electron chi connectivity index (χ0n) is 15.8. The van der Waals surface area contributed by atoms with Crippen LogP contribution in [0.2, 0.25) is 0 Å². The lowest BCUT2D eigenvalue weighted by atomic mass is 9.85. The van der Waals surface area contributed by atoms with Crippen LogP contribution in [0.15, 0.2) is 29.2 Å². The van der Waals surface area contributed by atoms with E-state index in [2.05, 4.69) is 12.2 Å². The number of amides is 1. The number of nitrogens with zero attached hydrogens (tertiary/aromatic N) is 1. The predicted molar refractivity (Wildman–Crippen MR) is 102 cm³/mol. The molecule has 0 unspecified atom stereocenters. The van der Waals surface area contributed by atoms with Crippen molar-refractivity contribution in [1.82, 2.24) is 9.62 Å². The molecule has 6 heteroatoms. The predicted octanol–water partition coefficient (Wildman–Crippen LogP) is 3.09. The molecule has 1 aliphatic carbocycles. The zero-order valence-corrected chi connectivity index (χ0v) is 16.6. The molecule has 1 N–H and O–H groups in total. The molecule has 2 atom stereocenters. The van der Waals surface area contributed by atoms with Gasteiger partial charge in [0.25, 0.3) is 0 Å². The fourth-order valence-corrected chi connectivity index (χ4v) is 5.52. The van der Waals surface area contributed by atoms with Crippen LogP contribution in [0, 0.1) is 18.8 Å². The molecule has 1 aromatic rings. The standard InChI is InChI=1S/C20H30N2O3S/c1-15-7-9-18(10-8-15)26(24,25)22-13-11-17(12-14-22)20(23)21-19-6-4-3-5-16(19)2/h7-10,16-17,19H,3-6,11-14H2,1-2H3,(H,21,23)/t16-,19+/m1/s1. The summed E-state index contributed by atoms with van der Waals surface area (Å²) in [5.41, 5.74) is 1.04. The molecule has 0 bridgehead atoms. The summed E-state index contributed by atoms with van der Waals surface area (Å²) in [4.78, 5) is 12.9. The quantitative estimate of drug-likeness (QED) is 0.875. The summed E-state index contributed by atoms with van der Waals surface area (Å²) in [5, 5.41) is 3.22. The first kappa shape index (κ1) is 19.4. The van der Waals surface area contributed by atoms with Gasteiger partial charge in [0.15, 0.2) is 0 Å². The number of nitrogens with one attached hydrogen (secondary N) is 1. The van der Waals surface area contributed by atoms with Gasteiger partial charge in [0.05, 0.1) is 4.90 Å². The first-order valence-corrected chi connectivity index (χ1v) is 11.2. The van der Waals surface area contributed by atoms with E-state index >= 15 is 0 Å². The van der Waals surface area contributed by atoms with E-state index in [-0.39, 0.29) is 17.9 Å². The van der Waals surface area contributed by atoms with Gasteiger partial charge in [0.2, 0.25) is 15.9 Å².